The molecule has 0 aliphatic heterocycles. The largest absolute Gasteiger partial charge is 0.325 e. The number of carbonyl (C=O) groups is 1. The van der Waals surface area contributed by atoms with E-state index in [0.717, 1.165) is 22.1 Å². The predicted octanol–water partition coefficient (Wildman–Crippen LogP) is 2.73. The van der Waals surface area contributed by atoms with Gasteiger partial charge in [-0.1, -0.05) is 17.8 Å². The van der Waals surface area contributed by atoms with Crippen LogP contribution < -0.4 is 5.32 Å². The monoisotopic (exact) mass is 415 g/mol. The molecule has 21 heavy (non-hydrogen) atoms. The zero-order valence-corrected chi connectivity index (χ0v) is 14.3. The summed E-state index contributed by atoms with van der Waals surface area (Å²) < 4.78 is 2.91. The van der Waals surface area contributed by atoms with Crippen LogP contribution in [0, 0.1) is 3.57 Å². The Morgan fingerprint density at radius 2 is 2.33 bits per heavy atom. The van der Waals surface area contributed by atoms with Crippen molar-refractivity contribution in [2.75, 3.05) is 5.32 Å². The van der Waals surface area contributed by atoms with Crippen molar-refractivity contribution in [3.8, 4) is 0 Å². The molecule has 110 valence electrons. The van der Waals surface area contributed by atoms with Gasteiger partial charge in [0.1, 0.15) is 0 Å². The first-order valence-corrected chi connectivity index (χ1v) is 8.60. The third-order valence-electron chi connectivity index (χ3n) is 3.10. The van der Waals surface area contributed by atoms with Gasteiger partial charge in [-0.3, -0.25) is 4.79 Å². The summed E-state index contributed by atoms with van der Waals surface area (Å²) in [7, 11) is 0. The second kappa shape index (κ2) is 6.30. The second-order valence-corrected chi connectivity index (χ2v) is 7.45. The molecule has 0 bridgehead atoms. The summed E-state index contributed by atoms with van der Waals surface area (Å²) in [5, 5.41) is 15.1. The summed E-state index contributed by atoms with van der Waals surface area (Å²) >= 11 is 3.61. The van der Waals surface area contributed by atoms with Crippen molar-refractivity contribution >= 4 is 45.9 Å². The first kappa shape index (κ1) is 14.8. The van der Waals surface area contributed by atoms with Crippen LogP contribution in [0.5, 0.6) is 0 Å². The quantitative estimate of drug-likeness (QED) is 0.601. The van der Waals surface area contributed by atoms with Crippen molar-refractivity contribution in [1.82, 2.24) is 20.2 Å². The number of hydrogen-bond acceptors (Lipinski definition) is 5. The summed E-state index contributed by atoms with van der Waals surface area (Å²) in [6.07, 6.45) is 2.23. The Hall–Kier alpha value is -1.16. The summed E-state index contributed by atoms with van der Waals surface area (Å²) in [6.45, 7) is 1.86. The number of hydrogen-bond donors (Lipinski definition) is 1. The number of aromatic nitrogens is 4. The van der Waals surface area contributed by atoms with Crippen molar-refractivity contribution in [2.24, 2.45) is 0 Å². The Bertz CT molecular complexity index is 658. The van der Waals surface area contributed by atoms with Gasteiger partial charge in [-0.2, -0.15) is 0 Å². The Morgan fingerprint density at radius 3 is 3.05 bits per heavy atom. The molecule has 1 heterocycles. The molecule has 3 rings (SSSR count). The van der Waals surface area contributed by atoms with Crippen LogP contribution in [0.2, 0.25) is 0 Å². The van der Waals surface area contributed by atoms with E-state index < -0.39 is 0 Å². The van der Waals surface area contributed by atoms with E-state index in [0.29, 0.717) is 11.2 Å². The van der Waals surface area contributed by atoms with Crippen molar-refractivity contribution in [1.29, 1.82) is 0 Å². The fourth-order valence-corrected chi connectivity index (χ4v) is 3.24. The van der Waals surface area contributed by atoms with Crippen LogP contribution in [0.3, 0.4) is 0 Å². The van der Waals surface area contributed by atoms with Gasteiger partial charge in [-0.15, -0.1) is 5.10 Å². The number of thioether (sulfide) groups is 1. The zero-order valence-electron chi connectivity index (χ0n) is 11.4. The van der Waals surface area contributed by atoms with E-state index in [2.05, 4.69) is 43.4 Å². The molecule has 1 fully saturated rings. The maximum absolute atomic E-state index is 12.2. The van der Waals surface area contributed by atoms with E-state index in [1.807, 2.05) is 35.9 Å². The average molecular weight is 415 g/mol. The van der Waals surface area contributed by atoms with Crippen LogP contribution in [0.25, 0.3) is 0 Å². The highest BCUT2D eigenvalue weighted by molar-refractivity contribution is 14.1. The number of nitrogens with zero attached hydrogens (tertiary/aromatic N) is 4. The first-order chi connectivity index (χ1) is 10.1. The van der Waals surface area contributed by atoms with Crippen molar-refractivity contribution < 1.29 is 4.79 Å². The molecule has 1 aliphatic rings. The lowest BCUT2D eigenvalue weighted by Gasteiger charge is -2.11. The lowest BCUT2D eigenvalue weighted by atomic mass is 10.3. The van der Waals surface area contributed by atoms with E-state index in [9.17, 15) is 4.79 Å². The molecule has 0 spiro atoms. The maximum Gasteiger partial charge on any atom is 0.237 e. The Balaban J connectivity index is 1.63. The lowest BCUT2D eigenvalue weighted by Crippen LogP contribution is -2.23. The number of benzene rings is 1. The van der Waals surface area contributed by atoms with Crippen LogP contribution in [0.1, 0.15) is 25.8 Å². The summed E-state index contributed by atoms with van der Waals surface area (Å²) in [5.41, 5.74) is 0.807. The maximum atomic E-state index is 12.2. The van der Waals surface area contributed by atoms with Crippen LogP contribution in [0.4, 0.5) is 5.69 Å². The number of rotatable bonds is 5. The first-order valence-electron chi connectivity index (χ1n) is 6.64. The number of anilines is 1. The lowest BCUT2D eigenvalue weighted by molar-refractivity contribution is -0.115. The minimum atomic E-state index is -0.258. The normalized spacial score (nSPS) is 15.7. The topological polar surface area (TPSA) is 72.7 Å². The molecule has 1 amide bonds. The molecular weight excluding hydrogens is 401 g/mol. The van der Waals surface area contributed by atoms with E-state index in [-0.39, 0.29) is 11.2 Å². The second-order valence-electron chi connectivity index (χ2n) is 4.90. The molecule has 6 nitrogen and oxygen atoms in total. The minimum absolute atomic E-state index is 0.0488. The Morgan fingerprint density at radius 1 is 1.52 bits per heavy atom. The molecule has 1 N–H and O–H groups in total. The zero-order chi connectivity index (χ0) is 14.8. The van der Waals surface area contributed by atoms with Gasteiger partial charge in [-0.05, 0) is 71.0 Å². The van der Waals surface area contributed by atoms with Crippen molar-refractivity contribution in [3.63, 3.8) is 0 Å². The van der Waals surface area contributed by atoms with E-state index in [1.54, 1.807) is 0 Å². The van der Waals surface area contributed by atoms with Gasteiger partial charge in [0.25, 0.3) is 0 Å². The summed E-state index contributed by atoms with van der Waals surface area (Å²) in [5.74, 6) is -0.0488. The van der Waals surface area contributed by atoms with Gasteiger partial charge in [0.15, 0.2) is 0 Å². The molecule has 1 aromatic heterocycles. The van der Waals surface area contributed by atoms with Crippen LogP contribution >= 0.6 is 34.4 Å². The number of nitrogens with one attached hydrogen (secondary N) is 1. The Labute approximate surface area is 140 Å². The molecule has 2 aromatic rings. The molecule has 1 aliphatic carbocycles. The predicted molar refractivity (Wildman–Crippen MR) is 89.2 cm³/mol. The van der Waals surface area contributed by atoms with Gasteiger partial charge >= 0.3 is 0 Å². The molecule has 1 atom stereocenters. The molecular formula is C13H14IN5OS. The summed E-state index contributed by atoms with van der Waals surface area (Å²) in [6, 6.07) is 8.13. The summed E-state index contributed by atoms with van der Waals surface area (Å²) in [4.78, 5) is 12.2. The fraction of sp³-hybridized carbons (Fsp3) is 0.385. The highest BCUT2D eigenvalue weighted by atomic mass is 127. The van der Waals surface area contributed by atoms with Gasteiger partial charge < -0.3 is 5.32 Å². The van der Waals surface area contributed by atoms with Gasteiger partial charge in [0.2, 0.25) is 11.1 Å². The van der Waals surface area contributed by atoms with Crippen molar-refractivity contribution in [2.45, 2.75) is 36.2 Å². The van der Waals surface area contributed by atoms with Crippen molar-refractivity contribution in [3.05, 3.63) is 27.8 Å². The van der Waals surface area contributed by atoms with Gasteiger partial charge in [-0.25, -0.2) is 4.68 Å². The number of tetrazole rings is 1. The van der Waals surface area contributed by atoms with Crippen LogP contribution in [-0.4, -0.2) is 31.4 Å². The molecule has 0 radical (unpaired) electrons. The number of carbonyl (C=O) groups excluding carboxylic acids is 1. The Kier molecular flexibility index (Phi) is 4.43. The van der Waals surface area contributed by atoms with Gasteiger partial charge in [0, 0.05) is 9.26 Å². The van der Waals surface area contributed by atoms with E-state index in [4.69, 9.17) is 0 Å². The highest BCUT2D eigenvalue weighted by Crippen LogP contribution is 2.37. The number of amides is 1. The van der Waals surface area contributed by atoms with Crippen LogP contribution in [-0.2, 0) is 4.79 Å². The third-order valence-corrected chi connectivity index (χ3v) is 4.82. The fourth-order valence-electron chi connectivity index (χ4n) is 1.83. The standard InChI is InChI=1S/C13H14IN5OS/c1-8(12(20)15-10-4-2-3-9(14)7-10)21-13-16-17-18-19(13)11-5-6-11/h2-4,7-8,11H,5-6H2,1H3,(H,15,20). The molecule has 1 aromatic carbocycles. The molecule has 1 saturated carbocycles. The number of halogens is 1. The average Bonchev–Trinajstić information content (AvgIpc) is 3.19. The highest BCUT2D eigenvalue weighted by Gasteiger charge is 2.29. The SMILES string of the molecule is CC(Sc1nnnn1C1CC1)C(=O)Nc1cccc(I)c1. The van der Waals surface area contributed by atoms with Crippen LogP contribution in [0.15, 0.2) is 29.4 Å². The smallest absolute Gasteiger partial charge is 0.237 e. The minimum Gasteiger partial charge on any atom is -0.325 e. The van der Waals surface area contributed by atoms with Gasteiger partial charge in [0.05, 0.1) is 11.3 Å². The molecule has 0 saturated heterocycles. The third kappa shape index (κ3) is 3.73. The van der Waals surface area contributed by atoms with E-state index in [1.165, 1.54) is 11.8 Å². The van der Waals surface area contributed by atoms with E-state index >= 15 is 0 Å². The molecule has 1 unspecified atom stereocenters. The molecule has 8 heteroatoms.